The highest BCUT2D eigenvalue weighted by Gasteiger charge is 2.20. The molecule has 0 amide bonds. The van der Waals surface area contributed by atoms with Crippen molar-refractivity contribution < 1.29 is 4.74 Å². The fraction of sp³-hybridized carbons (Fsp3) is 0.727. The lowest BCUT2D eigenvalue weighted by molar-refractivity contribution is 0.122. The average molecular weight is 250 g/mol. The van der Waals surface area contributed by atoms with Crippen LogP contribution in [-0.4, -0.2) is 47.3 Å². The highest BCUT2D eigenvalue weighted by Crippen LogP contribution is 2.22. The van der Waals surface area contributed by atoms with Gasteiger partial charge in [-0.2, -0.15) is 15.0 Å². The Hall–Kier alpha value is -1.63. The van der Waals surface area contributed by atoms with Gasteiger partial charge >= 0.3 is 0 Å². The number of rotatable bonds is 3. The first-order valence-electron chi connectivity index (χ1n) is 6.42. The van der Waals surface area contributed by atoms with Gasteiger partial charge in [-0.1, -0.05) is 0 Å². The number of aromatic nitrogens is 3. The van der Waals surface area contributed by atoms with Gasteiger partial charge in [0.1, 0.15) is 0 Å². The van der Waals surface area contributed by atoms with Crippen molar-refractivity contribution >= 4 is 17.8 Å². The SMILES string of the molecule is Nc1nc(NC2CCC2)nc(N2CCOCC2)n1. The van der Waals surface area contributed by atoms with Crippen molar-refractivity contribution in [2.75, 3.05) is 42.3 Å². The van der Waals surface area contributed by atoms with E-state index in [0.717, 1.165) is 13.1 Å². The van der Waals surface area contributed by atoms with Crippen LogP contribution in [0.3, 0.4) is 0 Å². The zero-order valence-corrected chi connectivity index (χ0v) is 10.3. The third kappa shape index (κ3) is 2.45. The molecule has 0 aromatic carbocycles. The lowest BCUT2D eigenvalue weighted by Crippen LogP contribution is -2.38. The van der Waals surface area contributed by atoms with Gasteiger partial charge in [0.05, 0.1) is 13.2 Å². The Kier molecular flexibility index (Phi) is 3.14. The first kappa shape index (κ1) is 11.5. The highest BCUT2D eigenvalue weighted by molar-refractivity contribution is 5.42. The quantitative estimate of drug-likeness (QED) is 0.795. The molecule has 0 atom stereocenters. The molecule has 3 rings (SSSR count). The number of ether oxygens (including phenoxy) is 1. The summed E-state index contributed by atoms with van der Waals surface area (Å²) in [6.45, 7) is 3.01. The van der Waals surface area contributed by atoms with E-state index in [1.165, 1.54) is 19.3 Å². The molecule has 98 valence electrons. The van der Waals surface area contributed by atoms with Gasteiger partial charge in [0, 0.05) is 19.1 Å². The van der Waals surface area contributed by atoms with E-state index in [0.29, 0.717) is 31.2 Å². The third-order valence-electron chi connectivity index (χ3n) is 3.37. The molecule has 7 nitrogen and oxygen atoms in total. The Morgan fingerprint density at radius 3 is 2.61 bits per heavy atom. The van der Waals surface area contributed by atoms with Gasteiger partial charge in [-0.25, -0.2) is 0 Å². The summed E-state index contributed by atoms with van der Waals surface area (Å²) in [7, 11) is 0. The van der Waals surface area contributed by atoms with E-state index in [1.807, 2.05) is 0 Å². The minimum atomic E-state index is 0.272. The molecule has 0 unspecified atom stereocenters. The molecule has 18 heavy (non-hydrogen) atoms. The largest absolute Gasteiger partial charge is 0.378 e. The van der Waals surface area contributed by atoms with Gasteiger partial charge in [0.25, 0.3) is 0 Å². The summed E-state index contributed by atoms with van der Waals surface area (Å²) >= 11 is 0. The number of morpholine rings is 1. The summed E-state index contributed by atoms with van der Waals surface area (Å²) in [4.78, 5) is 14.8. The van der Waals surface area contributed by atoms with Crippen LogP contribution in [0.2, 0.25) is 0 Å². The number of hydrogen-bond donors (Lipinski definition) is 2. The zero-order chi connectivity index (χ0) is 12.4. The van der Waals surface area contributed by atoms with Crippen LogP contribution in [-0.2, 0) is 4.74 Å². The summed E-state index contributed by atoms with van der Waals surface area (Å²) in [5, 5.41) is 3.30. The Morgan fingerprint density at radius 2 is 1.94 bits per heavy atom. The van der Waals surface area contributed by atoms with E-state index in [9.17, 15) is 0 Å². The molecule has 1 aromatic heterocycles. The van der Waals surface area contributed by atoms with Crippen molar-refractivity contribution in [1.82, 2.24) is 15.0 Å². The number of nitrogens with one attached hydrogen (secondary N) is 1. The summed E-state index contributed by atoms with van der Waals surface area (Å²) in [5.41, 5.74) is 5.74. The second kappa shape index (κ2) is 4.93. The Morgan fingerprint density at radius 1 is 1.17 bits per heavy atom. The number of nitrogens with two attached hydrogens (primary N) is 1. The first-order chi connectivity index (χ1) is 8.81. The molecule has 2 aliphatic rings. The lowest BCUT2D eigenvalue weighted by Gasteiger charge is -2.28. The fourth-order valence-corrected chi connectivity index (χ4v) is 2.09. The summed E-state index contributed by atoms with van der Waals surface area (Å²) in [6, 6.07) is 0.490. The van der Waals surface area contributed by atoms with E-state index < -0.39 is 0 Å². The Labute approximate surface area is 106 Å². The third-order valence-corrected chi connectivity index (χ3v) is 3.37. The molecule has 0 radical (unpaired) electrons. The molecule has 3 N–H and O–H groups in total. The maximum Gasteiger partial charge on any atom is 0.232 e. The number of nitrogens with zero attached hydrogens (tertiary/aromatic N) is 4. The first-order valence-corrected chi connectivity index (χ1v) is 6.42. The molecule has 2 fully saturated rings. The molecule has 1 aromatic rings. The summed E-state index contributed by atoms with van der Waals surface area (Å²) in [6.07, 6.45) is 3.63. The van der Waals surface area contributed by atoms with E-state index >= 15 is 0 Å². The standard InChI is InChI=1S/C11H18N6O/c12-9-14-10(13-8-2-1-3-8)16-11(15-9)17-4-6-18-7-5-17/h8H,1-7H2,(H3,12,13,14,15,16). The summed E-state index contributed by atoms with van der Waals surface area (Å²) in [5.74, 6) is 1.51. The van der Waals surface area contributed by atoms with Gasteiger partial charge < -0.3 is 20.7 Å². The topological polar surface area (TPSA) is 89.2 Å². The van der Waals surface area contributed by atoms with Crippen LogP contribution in [0.1, 0.15) is 19.3 Å². The van der Waals surface area contributed by atoms with Crippen molar-refractivity contribution in [2.45, 2.75) is 25.3 Å². The predicted molar refractivity (Wildman–Crippen MR) is 68.5 cm³/mol. The maximum absolute atomic E-state index is 5.74. The molecule has 0 spiro atoms. The van der Waals surface area contributed by atoms with Crippen molar-refractivity contribution in [3.63, 3.8) is 0 Å². The highest BCUT2D eigenvalue weighted by atomic mass is 16.5. The number of nitrogen functional groups attached to an aromatic ring is 1. The van der Waals surface area contributed by atoms with Crippen LogP contribution >= 0.6 is 0 Å². The molecule has 1 saturated heterocycles. The van der Waals surface area contributed by atoms with Crippen molar-refractivity contribution in [1.29, 1.82) is 0 Å². The predicted octanol–water partition coefficient (Wildman–Crippen LogP) is 0.255. The fourth-order valence-electron chi connectivity index (χ4n) is 2.09. The van der Waals surface area contributed by atoms with Crippen molar-refractivity contribution in [2.24, 2.45) is 0 Å². The normalized spacial score (nSPS) is 20.6. The van der Waals surface area contributed by atoms with Gasteiger partial charge in [-0.3, -0.25) is 0 Å². The van der Waals surface area contributed by atoms with E-state index in [1.54, 1.807) is 0 Å². The average Bonchev–Trinajstić information content (AvgIpc) is 2.34. The molecule has 0 bridgehead atoms. The van der Waals surface area contributed by atoms with E-state index in [2.05, 4.69) is 25.2 Å². The molecule has 1 saturated carbocycles. The number of hydrogen-bond acceptors (Lipinski definition) is 7. The lowest BCUT2D eigenvalue weighted by atomic mass is 9.93. The van der Waals surface area contributed by atoms with Crippen LogP contribution in [0, 0.1) is 0 Å². The molecular weight excluding hydrogens is 232 g/mol. The van der Waals surface area contributed by atoms with Gasteiger partial charge in [0.2, 0.25) is 17.8 Å². The summed E-state index contributed by atoms with van der Waals surface area (Å²) < 4.78 is 5.31. The maximum atomic E-state index is 5.74. The minimum Gasteiger partial charge on any atom is -0.378 e. The van der Waals surface area contributed by atoms with Crippen LogP contribution in [0.25, 0.3) is 0 Å². The minimum absolute atomic E-state index is 0.272. The van der Waals surface area contributed by atoms with E-state index in [-0.39, 0.29) is 5.95 Å². The number of anilines is 3. The van der Waals surface area contributed by atoms with Crippen molar-refractivity contribution in [3.8, 4) is 0 Å². The van der Waals surface area contributed by atoms with E-state index in [4.69, 9.17) is 10.5 Å². The Balaban J connectivity index is 1.75. The van der Waals surface area contributed by atoms with Crippen LogP contribution in [0.15, 0.2) is 0 Å². The van der Waals surface area contributed by atoms with Crippen LogP contribution < -0.4 is 16.0 Å². The monoisotopic (exact) mass is 250 g/mol. The van der Waals surface area contributed by atoms with Gasteiger partial charge in [-0.05, 0) is 19.3 Å². The second-order valence-electron chi connectivity index (χ2n) is 4.69. The molecule has 2 heterocycles. The Bertz CT molecular complexity index is 416. The molecular formula is C11H18N6O. The van der Waals surface area contributed by atoms with Crippen molar-refractivity contribution in [3.05, 3.63) is 0 Å². The van der Waals surface area contributed by atoms with Crippen LogP contribution in [0.4, 0.5) is 17.8 Å². The molecule has 1 aliphatic carbocycles. The smallest absolute Gasteiger partial charge is 0.232 e. The molecule has 1 aliphatic heterocycles. The second-order valence-corrected chi connectivity index (χ2v) is 4.69. The molecule has 7 heteroatoms. The van der Waals surface area contributed by atoms with Gasteiger partial charge in [-0.15, -0.1) is 0 Å². The van der Waals surface area contributed by atoms with Crippen LogP contribution in [0.5, 0.6) is 0 Å². The zero-order valence-electron chi connectivity index (χ0n) is 10.3. The van der Waals surface area contributed by atoms with Gasteiger partial charge in [0.15, 0.2) is 0 Å².